The topological polar surface area (TPSA) is 108 Å². The van der Waals surface area contributed by atoms with Gasteiger partial charge in [-0.15, -0.1) is 0 Å². The molecule has 5 aromatic rings. The van der Waals surface area contributed by atoms with Crippen molar-refractivity contribution in [3.63, 3.8) is 0 Å². The summed E-state index contributed by atoms with van der Waals surface area (Å²) in [5.41, 5.74) is 4.23. The maximum Gasteiger partial charge on any atom is 0.284 e. The van der Waals surface area contributed by atoms with Crippen molar-refractivity contribution in [1.29, 1.82) is 0 Å². The standard InChI is InChI=1S/C28H24N6O2/c35-21-13-11-19(12-14-21)24-26(31-22-17-29-15-16-30-22)32-27-23(18-7-3-1-4-8-18)25(33-34(27)28(24)36)20-9-5-2-6-10-20/h1-3,5-6,9-18,32,35H,4,7-8H2,(H,30,31). The van der Waals surface area contributed by atoms with E-state index >= 15 is 0 Å². The summed E-state index contributed by atoms with van der Waals surface area (Å²) in [4.78, 5) is 26.0. The van der Waals surface area contributed by atoms with Gasteiger partial charge in [0.25, 0.3) is 5.56 Å². The van der Waals surface area contributed by atoms with Crippen molar-refractivity contribution >= 4 is 17.3 Å². The van der Waals surface area contributed by atoms with Crippen molar-refractivity contribution < 1.29 is 5.11 Å². The first-order chi connectivity index (χ1) is 17.7. The average molecular weight is 477 g/mol. The molecule has 3 heterocycles. The zero-order valence-corrected chi connectivity index (χ0v) is 19.4. The summed E-state index contributed by atoms with van der Waals surface area (Å²) in [5.74, 6) is 1.34. The normalized spacial score (nSPS) is 15.3. The molecule has 8 nitrogen and oxygen atoms in total. The molecule has 0 fully saturated rings. The van der Waals surface area contributed by atoms with E-state index < -0.39 is 0 Å². The molecule has 3 N–H and O–H groups in total. The van der Waals surface area contributed by atoms with E-state index in [-0.39, 0.29) is 17.2 Å². The lowest BCUT2D eigenvalue weighted by atomic mass is 9.86. The Morgan fingerprint density at radius 3 is 2.56 bits per heavy atom. The summed E-state index contributed by atoms with van der Waals surface area (Å²) in [5, 5.41) is 17.9. The van der Waals surface area contributed by atoms with Gasteiger partial charge in [-0.05, 0) is 42.9 Å². The smallest absolute Gasteiger partial charge is 0.284 e. The highest BCUT2D eigenvalue weighted by Gasteiger charge is 2.27. The van der Waals surface area contributed by atoms with E-state index in [2.05, 4.69) is 32.4 Å². The lowest BCUT2D eigenvalue weighted by molar-refractivity contribution is 0.475. The number of hydrogen-bond acceptors (Lipinski definition) is 6. The zero-order valence-electron chi connectivity index (χ0n) is 19.4. The third kappa shape index (κ3) is 3.92. The number of anilines is 2. The van der Waals surface area contributed by atoms with Gasteiger partial charge < -0.3 is 15.4 Å². The zero-order chi connectivity index (χ0) is 24.5. The molecule has 6 rings (SSSR count). The second-order valence-corrected chi connectivity index (χ2v) is 8.81. The molecular formula is C28H24N6O2. The van der Waals surface area contributed by atoms with Crippen LogP contribution in [0.3, 0.4) is 0 Å². The molecule has 0 aliphatic heterocycles. The van der Waals surface area contributed by atoms with Gasteiger partial charge in [0.15, 0.2) is 0 Å². The molecule has 0 amide bonds. The quantitative estimate of drug-likeness (QED) is 0.292. The predicted molar refractivity (Wildman–Crippen MR) is 139 cm³/mol. The van der Waals surface area contributed by atoms with Gasteiger partial charge in [0, 0.05) is 23.5 Å². The predicted octanol–water partition coefficient (Wildman–Crippen LogP) is 5.42. The van der Waals surface area contributed by atoms with Gasteiger partial charge in [-0.25, -0.2) is 4.98 Å². The largest absolute Gasteiger partial charge is 0.508 e. The maximum absolute atomic E-state index is 14.0. The van der Waals surface area contributed by atoms with E-state index in [0.29, 0.717) is 28.4 Å². The second-order valence-electron chi connectivity index (χ2n) is 8.81. The van der Waals surface area contributed by atoms with Crippen molar-refractivity contribution in [1.82, 2.24) is 24.6 Å². The van der Waals surface area contributed by atoms with Crippen LogP contribution in [-0.4, -0.2) is 29.7 Å². The summed E-state index contributed by atoms with van der Waals surface area (Å²) in [6.45, 7) is 0. The fourth-order valence-electron chi connectivity index (χ4n) is 4.82. The Hall–Kier alpha value is -4.72. The molecule has 1 unspecified atom stereocenters. The second kappa shape index (κ2) is 9.14. The van der Waals surface area contributed by atoms with Crippen LogP contribution in [-0.2, 0) is 0 Å². The number of hydrogen-bond donors (Lipinski definition) is 3. The number of nitrogens with one attached hydrogen (secondary N) is 2. The molecule has 1 aliphatic rings. The molecule has 0 saturated heterocycles. The third-order valence-corrected chi connectivity index (χ3v) is 6.52. The molecule has 1 atom stereocenters. The van der Waals surface area contributed by atoms with Crippen LogP contribution in [0, 0.1) is 0 Å². The number of aromatic nitrogens is 5. The fourth-order valence-corrected chi connectivity index (χ4v) is 4.82. The van der Waals surface area contributed by atoms with Crippen molar-refractivity contribution in [3.8, 4) is 28.1 Å². The molecule has 8 heteroatoms. The number of phenolic OH excluding ortho intramolecular Hbond substituents is 1. The summed E-state index contributed by atoms with van der Waals surface area (Å²) in [6.07, 6.45) is 12.0. The third-order valence-electron chi connectivity index (χ3n) is 6.52. The Kier molecular flexibility index (Phi) is 5.53. The van der Waals surface area contributed by atoms with Gasteiger partial charge in [0.05, 0.1) is 17.5 Å². The van der Waals surface area contributed by atoms with E-state index in [4.69, 9.17) is 5.10 Å². The number of H-pyrrole nitrogens is 1. The van der Waals surface area contributed by atoms with Crippen LogP contribution in [0.1, 0.15) is 30.7 Å². The van der Waals surface area contributed by atoms with Crippen LogP contribution in [0.4, 0.5) is 11.6 Å². The van der Waals surface area contributed by atoms with Crippen LogP contribution in [0.2, 0.25) is 0 Å². The first-order valence-corrected chi connectivity index (χ1v) is 11.9. The van der Waals surface area contributed by atoms with Gasteiger partial charge in [0.1, 0.15) is 23.0 Å². The summed E-state index contributed by atoms with van der Waals surface area (Å²) in [6, 6.07) is 16.5. The number of fused-ring (bicyclic) bond motifs is 1. The molecule has 2 aromatic carbocycles. The molecule has 178 valence electrons. The number of benzene rings is 2. The van der Waals surface area contributed by atoms with Crippen molar-refractivity contribution in [2.45, 2.75) is 25.2 Å². The van der Waals surface area contributed by atoms with Crippen LogP contribution < -0.4 is 10.9 Å². The summed E-state index contributed by atoms with van der Waals surface area (Å²) < 4.78 is 1.47. The number of phenols is 1. The number of allylic oxidation sites excluding steroid dienone is 2. The molecule has 0 saturated carbocycles. The number of rotatable bonds is 5. The number of nitrogens with zero attached hydrogens (tertiary/aromatic N) is 4. The Morgan fingerprint density at radius 2 is 1.83 bits per heavy atom. The molecule has 0 spiro atoms. The van der Waals surface area contributed by atoms with Gasteiger partial charge in [-0.3, -0.25) is 9.78 Å². The number of aromatic amines is 1. The SMILES string of the molecule is O=c1c(-c2ccc(O)cc2)c(Nc2cnccn2)[nH]c2c(C3CC=CCC3)c(-c3ccccc3)nn12. The highest BCUT2D eigenvalue weighted by Crippen LogP contribution is 2.39. The minimum absolute atomic E-state index is 0.123. The maximum atomic E-state index is 14.0. The summed E-state index contributed by atoms with van der Waals surface area (Å²) >= 11 is 0. The van der Waals surface area contributed by atoms with E-state index in [1.165, 1.54) is 4.52 Å². The lowest BCUT2D eigenvalue weighted by Crippen LogP contribution is -2.20. The molecule has 36 heavy (non-hydrogen) atoms. The Balaban J connectivity index is 1.64. The molecular weight excluding hydrogens is 452 g/mol. The monoisotopic (exact) mass is 476 g/mol. The van der Waals surface area contributed by atoms with E-state index in [9.17, 15) is 9.90 Å². The van der Waals surface area contributed by atoms with Gasteiger partial charge in [-0.1, -0.05) is 54.6 Å². The van der Waals surface area contributed by atoms with E-state index in [1.807, 2.05) is 30.3 Å². The first-order valence-electron chi connectivity index (χ1n) is 11.9. The van der Waals surface area contributed by atoms with Crippen LogP contribution in [0.25, 0.3) is 28.0 Å². The molecule has 0 bridgehead atoms. The van der Waals surface area contributed by atoms with Crippen LogP contribution in [0.15, 0.2) is 90.1 Å². The minimum Gasteiger partial charge on any atom is -0.508 e. The highest BCUT2D eigenvalue weighted by molar-refractivity contribution is 5.81. The first kappa shape index (κ1) is 21.8. The fraction of sp³-hybridized carbons (Fsp3) is 0.143. The Labute approximate surface area is 207 Å². The average Bonchev–Trinajstić information content (AvgIpc) is 3.31. The van der Waals surface area contributed by atoms with Crippen molar-refractivity contribution in [2.24, 2.45) is 0 Å². The minimum atomic E-state index is -0.268. The van der Waals surface area contributed by atoms with Crippen LogP contribution >= 0.6 is 0 Å². The van der Waals surface area contributed by atoms with Gasteiger partial charge >= 0.3 is 0 Å². The Bertz CT molecular complexity index is 1610. The molecule has 1 aliphatic carbocycles. The van der Waals surface area contributed by atoms with Crippen molar-refractivity contribution in [2.75, 3.05) is 5.32 Å². The summed E-state index contributed by atoms with van der Waals surface area (Å²) in [7, 11) is 0. The van der Waals surface area contributed by atoms with E-state index in [1.54, 1.807) is 42.9 Å². The van der Waals surface area contributed by atoms with Gasteiger partial charge in [0.2, 0.25) is 0 Å². The Morgan fingerprint density at radius 1 is 1.00 bits per heavy atom. The molecule has 3 aromatic heterocycles. The van der Waals surface area contributed by atoms with E-state index in [0.717, 1.165) is 36.1 Å². The van der Waals surface area contributed by atoms with Crippen molar-refractivity contribution in [3.05, 3.63) is 101 Å². The highest BCUT2D eigenvalue weighted by atomic mass is 16.3. The lowest BCUT2D eigenvalue weighted by Gasteiger charge is -2.19. The molecule has 0 radical (unpaired) electrons. The van der Waals surface area contributed by atoms with Gasteiger partial charge in [-0.2, -0.15) is 9.61 Å². The van der Waals surface area contributed by atoms with Crippen LogP contribution in [0.5, 0.6) is 5.75 Å². The number of aromatic hydroxyl groups is 1.